The van der Waals surface area contributed by atoms with Gasteiger partial charge >= 0.3 is 0 Å². The van der Waals surface area contributed by atoms with Gasteiger partial charge in [-0.25, -0.2) is 0 Å². The molecule has 1 aromatic heterocycles. The number of hydrogen-bond donors (Lipinski definition) is 1. The highest BCUT2D eigenvalue weighted by Crippen LogP contribution is 2.26. The van der Waals surface area contributed by atoms with Crippen LogP contribution >= 0.6 is 22.9 Å². The number of para-hydroxylation sites is 1. The Balaban J connectivity index is 1.37. The van der Waals surface area contributed by atoms with Gasteiger partial charge in [0, 0.05) is 50.1 Å². The second kappa shape index (κ2) is 9.05. The number of anilines is 1. The summed E-state index contributed by atoms with van der Waals surface area (Å²) in [5.41, 5.74) is 1.70. The SMILES string of the molecule is O=C(NCCCC(=O)N1CCN(c2ccccc2Cl)CC1)c1ccsc1. The second-order valence-electron chi connectivity index (χ2n) is 6.19. The quantitative estimate of drug-likeness (QED) is 0.769. The monoisotopic (exact) mass is 391 g/mol. The minimum Gasteiger partial charge on any atom is -0.367 e. The van der Waals surface area contributed by atoms with E-state index in [0.29, 0.717) is 38.0 Å². The molecule has 1 aromatic carbocycles. The van der Waals surface area contributed by atoms with Crippen molar-refractivity contribution >= 4 is 40.4 Å². The maximum atomic E-state index is 12.4. The number of piperazine rings is 1. The highest BCUT2D eigenvalue weighted by atomic mass is 35.5. The number of nitrogens with zero attached hydrogens (tertiary/aromatic N) is 2. The van der Waals surface area contributed by atoms with E-state index in [4.69, 9.17) is 11.6 Å². The summed E-state index contributed by atoms with van der Waals surface area (Å²) in [6.45, 7) is 3.48. The van der Waals surface area contributed by atoms with Crippen LogP contribution in [-0.2, 0) is 4.79 Å². The Morgan fingerprint density at radius 3 is 2.58 bits per heavy atom. The van der Waals surface area contributed by atoms with Gasteiger partial charge < -0.3 is 15.1 Å². The summed E-state index contributed by atoms with van der Waals surface area (Å²) in [6.07, 6.45) is 1.11. The van der Waals surface area contributed by atoms with Gasteiger partial charge in [-0.05, 0) is 30.0 Å². The molecule has 2 amide bonds. The fourth-order valence-electron chi connectivity index (χ4n) is 3.00. The predicted molar refractivity (Wildman–Crippen MR) is 106 cm³/mol. The summed E-state index contributed by atoms with van der Waals surface area (Å²) in [5.74, 6) is 0.0700. The first-order valence-corrected chi connectivity index (χ1v) is 10.0. The molecule has 3 rings (SSSR count). The van der Waals surface area contributed by atoms with E-state index in [9.17, 15) is 9.59 Å². The molecule has 0 bridgehead atoms. The summed E-state index contributed by atoms with van der Waals surface area (Å²) in [5, 5.41) is 7.29. The zero-order chi connectivity index (χ0) is 18.4. The normalized spacial score (nSPS) is 14.3. The van der Waals surface area contributed by atoms with Crippen molar-refractivity contribution in [2.45, 2.75) is 12.8 Å². The number of benzene rings is 1. The molecule has 1 saturated heterocycles. The minimum atomic E-state index is -0.0768. The zero-order valence-corrected chi connectivity index (χ0v) is 16.1. The van der Waals surface area contributed by atoms with Gasteiger partial charge in [0.05, 0.1) is 10.7 Å². The molecular weight excluding hydrogens is 370 g/mol. The van der Waals surface area contributed by atoms with Crippen molar-refractivity contribution in [3.05, 3.63) is 51.7 Å². The molecule has 2 heterocycles. The first-order chi connectivity index (χ1) is 12.6. The van der Waals surface area contributed by atoms with Gasteiger partial charge in [0.25, 0.3) is 5.91 Å². The number of halogens is 1. The molecule has 0 saturated carbocycles. The molecule has 0 unspecified atom stereocenters. The molecule has 1 N–H and O–H groups in total. The van der Waals surface area contributed by atoms with Gasteiger partial charge in [-0.1, -0.05) is 23.7 Å². The maximum Gasteiger partial charge on any atom is 0.252 e. The highest BCUT2D eigenvalue weighted by molar-refractivity contribution is 7.08. The van der Waals surface area contributed by atoms with Crippen LogP contribution in [-0.4, -0.2) is 49.4 Å². The average molecular weight is 392 g/mol. The molecule has 0 atom stereocenters. The van der Waals surface area contributed by atoms with Gasteiger partial charge in [0.15, 0.2) is 0 Å². The predicted octanol–water partition coefficient (Wildman–Crippen LogP) is 3.26. The molecular formula is C19H22ClN3O2S. The summed E-state index contributed by atoms with van der Waals surface area (Å²) < 4.78 is 0. The van der Waals surface area contributed by atoms with Crippen LogP contribution in [0, 0.1) is 0 Å². The molecule has 7 heteroatoms. The van der Waals surface area contributed by atoms with Gasteiger partial charge in [-0.15, -0.1) is 0 Å². The van der Waals surface area contributed by atoms with Crippen molar-refractivity contribution in [2.75, 3.05) is 37.6 Å². The van der Waals surface area contributed by atoms with Crippen molar-refractivity contribution < 1.29 is 9.59 Å². The molecule has 1 aliphatic heterocycles. The van der Waals surface area contributed by atoms with E-state index >= 15 is 0 Å². The number of amides is 2. The van der Waals surface area contributed by atoms with E-state index in [-0.39, 0.29) is 11.8 Å². The van der Waals surface area contributed by atoms with Crippen LogP contribution in [0.1, 0.15) is 23.2 Å². The first kappa shape index (κ1) is 18.7. The summed E-state index contributed by atoms with van der Waals surface area (Å²) in [6, 6.07) is 9.59. The van der Waals surface area contributed by atoms with Crippen LogP contribution in [0.15, 0.2) is 41.1 Å². The summed E-state index contributed by atoms with van der Waals surface area (Å²) in [7, 11) is 0. The second-order valence-corrected chi connectivity index (χ2v) is 7.38. The molecule has 1 aliphatic rings. The fourth-order valence-corrected chi connectivity index (χ4v) is 3.89. The molecule has 138 valence electrons. The molecule has 5 nitrogen and oxygen atoms in total. The number of hydrogen-bond acceptors (Lipinski definition) is 4. The Hall–Kier alpha value is -2.05. The average Bonchev–Trinajstić information content (AvgIpc) is 3.20. The van der Waals surface area contributed by atoms with Crippen molar-refractivity contribution in [3.63, 3.8) is 0 Å². The Morgan fingerprint density at radius 2 is 1.88 bits per heavy atom. The number of thiophene rings is 1. The number of carbonyl (C=O) groups is 2. The Bertz CT molecular complexity index is 743. The third kappa shape index (κ3) is 4.77. The Morgan fingerprint density at radius 1 is 1.12 bits per heavy atom. The van der Waals surface area contributed by atoms with Crippen LogP contribution in [0.3, 0.4) is 0 Å². The molecule has 0 radical (unpaired) electrons. The third-order valence-electron chi connectivity index (χ3n) is 4.46. The van der Waals surface area contributed by atoms with Gasteiger partial charge in [-0.2, -0.15) is 11.3 Å². The lowest BCUT2D eigenvalue weighted by atomic mass is 10.2. The third-order valence-corrected chi connectivity index (χ3v) is 5.46. The molecule has 0 aliphatic carbocycles. The first-order valence-electron chi connectivity index (χ1n) is 8.73. The van der Waals surface area contributed by atoms with Crippen molar-refractivity contribution in [3.8, 4) is 0 Å². The molecule has 26 heavy (non-hydrogen) atoms. The van der Waals surface area contributed by atoms with Crippen LogP contribution < -0.4 is 10.2 Å². The van der Waals surface area contributed by atoms with E-state index < -0.39 is 0 Å². The minimum absolute atomic E-state index is 0.0768. The van der Waals surface area contributed by atoms with E-state index in [1.165, 1.54) is 11.3 Å². The lowest BCUT2D eigenvalue weighted by molar-refractivity contribution is -0.131. The van der Waals surface area contributed by atoms with Crippen LogP contribution in [0.5, 0.6) is 0 Å². The fraction of sp³-hybridized carbons (Fsp3) is 0.368. The highest BCUT2D eigenvalue weighted by Gasteiger charge is 2.21. The molecule has 1 fully saturated rings. The van der Waals surface area contributed by atoms with Gasteiger partial charge in [-0.3, -0.25) is 9.59 Å². The van der Waals surface area contributed by atoms with Crippen molar-refractivity contribution in [2.24, 2.45) is 0 Å². The van der Waals surface area contributed by atoms with Crippen LogP contribution in [0.2, 0.25) is 5.02 Å². The Labute approximate surface area is 162 Å². The van der Waals surface area contributed by atoms with Gasteiger partial charge in [0.2, 0.25) is 5.91 Å². The smallest absolute Gasteiger partial charge is 0.252 e. The largest absolute Gasteiger partial charge is 0.367 e. The lowest BCUT2D eigenvalue weighted by Crippen LogP contribution is -2.49. The van der Waals surface area contributed by atoms with E-state index in [1.54, 1.807) is 6.07 Å². The van der Waals surface area contributed by atoms with Crippen molar-refractivity contribution in [1.29, 1.82) is 0 Å². The number of carbonyl (C=O) groups excluding carboxylic acids is 2. The zero-order valence-electron chi connectivity index (χ0n) is 14.5. The van der Waals surface area contributed by atoms with Crippen molar-refractivity contribution in [1.82, 2.24) is 10.2 Å². The Kier molecular flexibility index (Phi) is 6.52. The van der Waals surface area contributed by atoms with E-state index in [0.717, 1.165) is 23.8 Å². The van der Waals surface area contributed by atoms with E-state index in [2.05, 4.69) is 10.2 Å². The van der Waals surface area contributed by atoms with Gasteiger partial charge in [0.1, 0.15) is 0 Å². The molecule has 0 spiro atoms. The topological polar surface area (TPSA) is 52.7 Å². The number of nitrogens with one attached hydrogen (secondary N) is 1. The summed E-state index contributed by atoms with van der Waals surface area (Å²) in [4.78, 5) is 28.3. The van der Waals surface area contributed by atoms with Crippen LogP contribution in [0.4, 0.5) is 5.69 Å². The summed E-state index contributed by atoms with van der Waals surface area (Å²) >= 11 is 7.74. The number of rotatable bonds is 6. The molecule has 2 aromatic rings. The maximum absolute atomic E-state index is 12.4. The lowest BCUT2D eigenvalue weighted by Gasteiger charge is -2.36. The standard InChI is InChI=1S/C19H22ClN3O2S/c20-16-4-1-2-5-17(16)22-9-11-23(12-10-22)18(24)6-3-8-21-19(25)15-7-13-26-14-15/h1-2,4-5,7,13-14H,3,6,8-12H2,(H,21,25). The van der Waals surface area contributed by atoms with E-state index in [1.807, 2.05) is 39.9 Å². The van der Waals surface area contributed by atoms with Crippen LogP contribution in [0.25, 0.3) is 0 Å².